The zero-order chi connectivity index (χ0) is 24.6. The van der Waals surface area contributed by atoms with Crippen molar-refractivity contribution in [1.82, 2.24) is 15.4 Å². The van der Waals surface area contributed by atoms with Gasteiger partial charge in [0.2, 0.25) is 10.0 Å². The summed E-state index contributed by atoms with van der Waals surface area (Å²) in [6.45, 7) is 9.10. The van der Waals surface area contributed by atoms with Crippen molar-refractivity contribution in [2.24, 2.45) is 0 Å². The Morgan fingerprint density at radius 1 is 0.938 bits per heavy atom. The normalized spacial score (nSPS) is 12.7. The topological polar surface area (TPSA) is 121 Å². The second-order valence-corrected chi connectivity index (χ2v) is 9.10. The standard InChI is InChI=1S/C21H33N3O5S.C2H6/c1-4-18(23-21(27)24-20(17(3)26)14-13-16(2)25)10-8-9-15-22-30(28,29)19-11-6-5-7-12-19;1-2/h5-7,11-12,18,20,22H,4,8-10,13-15H2,1-3H3,(H2,23,24,27);1-2H3. The van der Waals surface area contributed by atoms with Crippen LogP contribution in [0.1, 0.15) is 73.1 Å². The fourth-order valence-corrected chi connectivity index (χ4v) is 3.99. The molecule has 0 heterocycles. The first-order valence-corrected chi connectivity index (χ1v) is 12.8. The molecular formula is C23H39N3O5S. The van der Waals surface area contributed by atoms with Gasteiger partial charge in [0.15, 0.2) is 5.78 Å². The predicted octanol–water partition coefficient (Wildman–Crippen LogP) is 3.57. The van der Waals surface area contributed by atoms with Crippen LogP contribution in [0.15, 0.2) is 35.2 Å². The molecule has 1 aromatic rings. The van der Waals surface area contributed by atoms with Crippen LogP contribution in [0.5, 0.6) is 0 Å². The molecule has 0 fully saturated rings. The maximum Gasteiger partial charge on any atom is 0.315 e. The molecule has 3 N–H and O–H groups in total. The molecule has 0 saturated carbocycles. The van der Waals surface area contributed by atoms with Crippen molar-refractivity contribution in [1.29, 1.82) is 0 Å². The Morgan fingerprint density at radius 2 is 1.56 bits per heavy atom. The van der Waals surface area contributed by atoms with Gasteiger partial charge < -0.3 is 15.4 Å². The molecule has 0 aromatic heterocycles. The molecule has 32 heavy (non-hydrogen) atoms. The van der Waals surface area contributed by atoms with E-state index in [2.05, 4.69) is 15.4 Å². The van der Waals surface area contributed by atoms with E-state index in [0.29, 0.717) is 25.8 Å². The number of Topliss-reactive ketones (excluding diaryl/α,β-unsaturated/α-hetero) is 2. The summed E-state index contributed by atoms with van der Waals surface area (Å²) in [4.78, 5) is 35.2. The summed E-state index contributed by atoms with van der Waals surface area (Å²) in [7, 11) is -3.50. The zero-order valence-electron chi connectivity index (χ0n) is 19.9. The molecule has 0 aliphatic rings. The minimum absolute atomic E-state index is 0.0298. The van der Waals surface area contributed by atoms with Crippen LogP contribution < -0.4 is 15.4 Å². The average Bonchev–Trinajstić information content (AvgIpc) is 2.77. The molecular weight excluding hydrogens is 430 g/mol. The van der Waals surface area contributed by atoms with Gasteiger partial charge in [-0.1, -0.05) is 45.4 Å². The maximum absolute atomic E-state index is 12.2. The first-order valence-electron chi connectivity index (χ1n) is 11.3. The first-order chi connectivity index (χ1) is 15.2. The summed E-state index contributed by atoms with van der Waals surface area (Å²) in [6.07, 6.45) is 3.30. The van der Waals surface area contributed by atoms with E-state index in [9.17, 15) is 22.8 Å². The number of benzene rings is 1. The lowest BCUT2D eigenvalue weighted by Gasteiger charge is -2.20. The summed E-state index contributed by atoms with van der Waals surface area (Å²) in [5, 5.41) is 5.48. The van der Waals surface area contributed by atoms with E-state index in [1.807, 2.05) is 20.8 Å². The molecule has 2 atom stereocenters. The summed E-state index contributed by atoms with van der Waals surface area (Å²) < 4.78 is 26.9. The molecule has 2 unspecified atom stereocenters. The molecule has 0 bridgehead atoms. The van der Waals surface area contributed by atoms with E-state index in [0.717, 1.165) is 6.42 Å². The van der Waals surface area contributed by atoms with Gasteiger partial charge in [-0.25, -0.2) is 17.9 Å². The highest BCUT2D eigenvalue weighted by Crippen LogP contribution is 2.09. The van der Waals surface area contributed by atoms with Gasteiger partial charge in [-0.05, 0) is 51.7 Å². The van der Waals surface area contributed by atoms with Gasteiger partial charge in [0, 0.05) is 19.0 Å². The Labute approximate surface area is 193 Å². The van der Waals surface area contributed by atoms with E-state index >= 15 is 0 Å². The molecule has 0 spiro atoms. The number of carbonyl (C=O) groups is 3. The third-order valence-electron chi connectivity index (χ3n) is 4.73. The lowest BCUT2D eigenvalue weighted by atomic mass is 10.1. The third-order valence-corrected chi connectivity index (χ3v) is 6.21. The molecule has 182 valence electrons. The highest BCUT2D eigenvalue weighted by atomic mass is 32.2. The number of amides is 2. The van der Waals surface area contributed by atoms with Crippen molar-refractivity contribution in [3.8, 4) is 0 Å². The second kappa shape index (κ2) is 16.4. The van der Waals surface area contributed by atoms with Crippen LogP contribution in [-0.4, -0.2) is 44.6 Å². The van der Waals surface area contributed by atoms with Crippen molar-refractivity contribution in [2.45, 2.75) is 90.1 Å². The minimum Gasteiger partial charge on any atom is -0.335 e. The molecule has 8 nitrogen and oxygen atoms in total. The lowest BCUT2D eigenvalue weighted by Crippen LogP contribution is -2.48. The largest absolute Gasteiger partial charge is 0.335 e. The van der Waals surface area contributed by atoms with Crippen molar-refractivity contribution >= 4 is 27.6 Å². The van der Waals surface area contributed by atoms with Crippen LogP contribution in [0.25, 0.3) is 0 Å². The van der Waals surface area contributed by atoms with E-state index < -0.39 is 22.1 Å². The van der Waals surface area contributed by atoms with Crippen LogP contribution in [0.3, 0.4) is 0 Å². The Bertz CT molecular complexity index is 797. The van der Waals surface area contributed by atoms with Crippen LogP contribution >= 0.6 is 0 Å². The molecule has 0 aliphatic carbocycles. The molecule has 1 aromatic carbocycles. The van der Waals surface area contributed by atoms with Gasteiger partial charge in [0.05, 0.1) is 10.9 Å². The fraction of sp³-hybridized carbons (Fsp3) is 0.609. The molecule has 2 amide bonds. The second-order valence-electron chi connectivity index (χ2n) is 7.33. The van der Waals surface area contributed by atoms with E-state index in [-0.39, 0.29) is 35.3 Å². The average molecular weight is 470 g/mol. The van der Waals surface area contributed by atoms with Crippen LogP contribution in [0, 0.1) is 0 Å². The lowest BCUT2D eigenvalue weighted by molar-refractivity contribution is -0.119. The number of carbonyl (C=O) groups excluding carboxylic acids is 3. The number of nitrogens with one attached hydrogen (secondary N) is 3. The van der Waals surface area contributed by atoms with Crippen molar-refractivity contribution < 1.29 is 22.8 Å². The minimum atomic E-state index is -3.50. The molecule has 0 saturated heterocycles. The summed E-state index contributed by atoms with van der Waals surface area (Å²) in [5.74, 6) is -0.220. The Morgan fingerprint density at radius 3 is 2.09 bits per heavy atom. The number of hydrogen-bond acceptors (Lipinski definition) is 5. The Balaban J connectivity index is 0.00000466. The summed E-state index contributed by atoms with van der Waals surface area (Å²) in [5.41, 5.74) is 0. The first kappa shape index (κ1) is 29.7. The Kier molecular flexibility index (Phi) is 15.2. The van der Waals surface area contributed by atoms with Crippen LogP contribution in [0.4, 0.5) is 4.79 Å². The number of ketones is 2. The van der Waals surface area contributed by atoms with Gasteiger partial charge in [-0.2, -0.15) is 0 Å². The van der Waals surface area contributed by atoms with Gasteiger partial charge >= 0.3 is 6.03 Å². The summed E-state index contributed by atoms with van der Waals surface area (Å²) in [6, 6.07) is 6.99. The highest BCUT2D eigenvalue weighted by Gasteiger charge is 2.19. The number of sulfonamides is 1. The third kappa shape index (κ3) is 12.6. The SMILES string of the molecule is CC.CCC(CCCCNS(=O)(=O)c1ccccc1)NC(=O)NC(CCC(C)=O)C(C)=O. The van der Waals surface area contributed by atoms with E-state index in [1.54, 1.807) is 30.3 Å². The number of rotatable bonds is 14. The van der Waals surface area contributed by atoms with Gasteiger partial charge in [0.25, 0.3) is 0 Å². The van der Waals surface area contributed by atoms with Crippen LogP contribution in [-0.2, 0) is 19.6 Å². The van der Waals surface area contributed by atoms with Crippen molar-refractivity contribution in [2.75, 3.05) is 6.54 Å². The Hall–Kier alpha value is -2.26. The smallest absolute Gasteiger partial charge is 0.315 e. The maximum atomic E-state index is 12.2. The number of urea groups is 1. The number of unbranched alkanes of at least 4 members (excludes halogenated alkanes) is 1. The van der Waals surface area contributed by atoms with E-state index in [4.69, 9.17) is 0 Å². The fourth-order valence-electron chi connectivity index (χ4n) is 2.89. The van der Waals surface area contributed by atoms with Gasteiger partial charge in [-0.3, -0.25) is 4.79 Å². The summed E-state index contributed by atoms with van der Waals surface area (Å²) >= 11 is 0. The number of hydrogen-bond donors (Lipinski definition) is 3. The van der Waals surface area contributed by atoms with Crippen molar-refractivity contribution in [3.05, 3.63) is 30.3 Å². The predicted molar refractivity (Wildman–Crippen MR) is 127 cm³/mol. The monoisotopic (exact) mass is 469 g/mol. The molecule has 9 heteroatoms. The molecule has 1 rings (SSSR count). The molecule has 0 radical (unpaired) electrons. The quantitative estimate of drug-likeness (QED) is 0.360. The van der Waals surface area contributed by atoms with Crippen molar-refractivity contribution in [3.63, 3.8) is 0 Å². The highest BCUT2D eigenvalue weighted by molar-refractivity contribution is 7.89. The molecule has 0 aliphatic heterocycles. The van der Waals surface area contributed by atoms with Gasteiger partial charge in [-0.15, -0.1) is 0 Å². The zero-order valence-corrected chi connectivity index (χ0v) is 20.8. The van der Waals surface area contributed by atoms with E-state index in [1.165, 1.54) is 13.8 Å². The van der Waals surface area contributed by atoms with Gasteiger partial charge in [0.1, 0.15) is 5.78 Å². The van der Waals surface area contributed by atoms with Crippen LogP contribution in [0.2, 0.25) is 0 Å².